The van der Waals surface area contributed by atoms with Gasteiger partial charge >= 0.3 is 5.97 Å². The summed E-state index contributed by atoms with van der Waals surface area (Å²) in [7, 11) is 0. The zero-order valence-corrected chi connectivity index (χ0v) is 11.0. The van der Waals surface area contributed by atoms with Gasteiger partial charge in [-0.25, -0.2) is 0 Å². The maximum Gasteiger partial charge on any atom is 0.308 e. The van der Waals surface area contributed by atoms with E-state index in [-0.39, 0.29) is 5.92 Å². The molecule has 0 fully saturated rings. The van der Waals surface area contributed by atoms with Gasteiger partial charge in [0.2, 0.25) is 0 Å². The van der Waals surface area contributed by atoms with Crippen molar-refractivity contribution < 1.29 is 9.90 Å². The lowest BCUT2D eigenvalue weighted by atomic mass is 10.0. The minimum Gasteiger partial charge on any atom is -0.481 e. The molecule has 0 aromatic heterocycles. The Hall–Kier alpha value is -1.51. The third-order valence-corrected chi connectivity index (χ3v) is 3.22. The van der Waals surface area contributed by atoms with E-state index in [0.717, 1.165) is 11.3 Å². The van der Waals surface area contributed by atoms with Gasteiger partial charge in [-0.1, -0.05) is 13.0 Å². The number of aliphatic carboxylic acids is 1. The highest BCUT2D eigenvalue weighted by atomic mass is 16.4. The van der Waals surface area contributed by atoms with Crippen LogP contribution < -0.4 is 5.32 Å². The van der Waals surface area contributed by atoms with E-state index in [0.29, 0.717) is 13.0 Å². The van der Waals surface area contributed by atoms with Gasteiger partial charge in [-0.05, 0) is 49.9 Å². The fourth-order valence-electron chi connectivity index (χ4n) is 1.79. The van der Waals surface area contributed by atoms with Crippen LogP contribution in [-0.4, -0.2) is 17.6 Å². The molecule has 17 heavy (non-hydrogen) atoms. The van der Waals surface area contributed by atoms with Gasteiger partial charge in [-0.2, -0.15) is 0 Å². The smallest absolute Gasteiger partial charge is 0.308 e. The second-order valence-electron chi connectivity index (χ2n) is 4.58. The molecule has 3 heteroatoms. The summed E-state index contributed by atoms with van der Waals surface area (Å²) in [4.78, 5) is 10.9. The van der Waals surface area contributed by atoms with Crippen LogP contribution in [0.2, 0.25) is 0 Å². The number of hydrogen-bond acceptors (Lipinski definition) is 2. The fourth-order valence-corrected chi connectivity index (χ4v) is 1.79. The maximum absolute atomic E-state index is 10.9. The third-order valence-electron chi connectivity index (χ3n) is 3.22. The molecule has 0 saturated carbocycles. The molecule has 1 aromatic carbocycles. The van der Waals surface area contributed by atoms with Gasteiger partial charge in [0.05, 0.1) is 5.92 Å². The zero-order chi connectivity index (χ0) is 13.0. The van der Waals surface area contributed by atoms with Gasteiger partial charge in [0.1, 0.15) is 0 Å². The predicted molar refractivity (Wildman–Crippen MR) is 70.6 cm³/mol. The minimum atomic E-state index is -0.735. The normalized spacial score (nSPS) is 12.2. The number of anilines is 1. The van der Waals surface area contributed by atoms with Gasteiger partial charge in [0.15, 0.2) is 0 Å². The molecule has 2 N–H and O–H groups in total. The number of carboxylic acid groups (broad SMARTS) is 1. The summed E-state index contributed by atoms with van der Waals surface area (Å²) >= 11 is 0. The van der Waals surface area contributed by atoms with Crippen LogP contribution in [0.5, 0.6) is 0 Å². The Kier molecular flexibility index (Phi) is 4.55. The Morgan fingerprint density at radius 1 is 1.24 bits per heavy atom. The van der Waals surface area contributed by atoms with Crippen molar-refractivity contribution in [1.29, 1.82) is 0 Å². The van der Waals surface area contributed by atoms with Crippen molar-refractivity contribution in [2.45, 2.75) is 34.1 Å². The largest absolute Gasteiger partial charge is 0.481 e. The zero-order valence-electron chi connectivity index (χ0n) is 11.0. The molecule has 0 amide bonds. The van der Waals surface area contributed by atoms with E-state index in [2.05, 4.69) is 31.3 Å². The fraction of sp³-hybridized carbons (Fsp3) is 0.500. The van der Waals surface area contributed by atoms with E-state index in [1.807, 2.05) is 13.8 Å². The Morgan fingerprint density at radius 2 is 1.82 bits per heavy atom. The van der Waals surface area contributed by atoms with Crippen LogP contribution in [-0.2, 0) is 4.79 Å². The van der Waals surface area contributed by atoms with Gasteiger partial charge in [-0.15, -0.1) is 0 Å². The molecule has 0 aliphatic heterocycles. The third kappa shape index (κ3) is 3.48. The molecule has 0 spiro atoms. The molecule has 1 unspecified atom stereocenters. The topological polar surface area (TPSA) is 49.3 Å². The number of hydrogen-bond donors (Lipinski definition) is 2. The van der Waals surface area contributed by atoms with E-state index < -0.39 is 5.97 Å². The lowest BCUT2D eigenvalue weighted by Crippen LogP contribution is -2.22. The molecule has 1 aromatic rings. The average Bonchev–Trinajstić information content (AvgIpc) is 2.25. The van der Waals surface area contributed by atoms with E-state index in [9.17, 15) is 4.79 Å². The number of aryl methyl sites for hydroxylation is 3. The number of nitrogens with one attached hydrogen (secondary N) is 1. The monoisotopic (exact) mass is 235 g/mol. The summed E-state index contributed by atoms with van der Waals surface area (Å²) in [6.07, 6.45) is 0.645. The molecule has 0 aliphatic carbocycles. The Morgan fingerprint density at radius 3 is 2.35 bits per heavy atom. The van der Waals surface area contributed by atoms with Crippen LogP contribution in [0.1, 0.15) is 30.0 Å². The van der Waals surface area contributed by atoms with Crippen molar-refractivity contribution in [2.24, 2.45) is 5.92 Å². The van der Waals surface area contributed by atoms with Crippen LogP contribution in [0.25, 0.3) is 0 Å². The van der Waals surface area contributed by atoms with Crippen LogP contribution in [0, 0.1) is 26.7 Å². The van der Waals surface area contributed by atoms with Crippen molar-refractivity contribution in [2.75, 3.05) is 11.9 Å². The lowest BCUT2D eigenvalue weighted by Gasteiger charge is -2.15. The van der Waals surface area contributed by atoms with Gasteiger partial charge in [-0.3, -0.25) is 4.79 Å². The quantitative estimate of drug-likeness (QED) is 0.824. The van der Waals surface area contributed by atoms with Crippen molar-refractivity contribution in [3.8, 4) is 0 Å². The van der Waals surface area contributed by atoms with E-state index in [1.54, 1.807) is 0 Å². The van der Waals surface area contributed by atoms with Crippen molar-refractivity contribution in [1.82, 2.24) is 0 Å². The van der Waals surface area contributed by atoms with Gasteiger partial charge < -0.3 is 10.4 Å². The predicted octanol–water partition coefficient (Wildman–Crippen LogP) is 3.13. The first-order chi connectivity index (χ1) is 7.95. The average molecular weight is 235 g/mol. The molecule has 0 radical (unpaired) electrons. The lowest BCUT2D eigenvalue weighted by molar-refractivity contribution is -0.141. The first-order valence-electron chi connectivity index (χ1n) is 6.00. The highest BCUT2D eigenvalue weighted by Crippen LogP contribution is 2.20. The van der Waals surface area contributed by atoms with Gasteiger partial charge in [0, 0.05) is 12.2 Å². The summed E-state index contributed by atoms with van der Waals surface area (Å²) in [6, 6.07) is 4.21. The molecule has 1 rings (SSSR count). The Labute approximate surface area is 103 Å². The van der Waals surface area contributed by atoms with Crippen molar-refractivity contribution >= 4 is 11.7 Å². The highest BCUT2D eigenvalue weighted by molar-refractivity contribution is 5.71. The van der Waals surface area contributed by atoms with Gasteiger partial charge in [0.25, 0.3) is 0 Å². The molecule has 0 bridgehead atoms. The minimum absolute atomic E-state index is 0.323. The first-order valence-corrected chi connectivity index (χ1v) is 6.00. The van der Waals surface area contributed by atoms with Crippen LogP contribution in [0.3, 0.4) is 0 Å². The molecule has 0 saturated heterocycles. The summed E-state index contributed by atoms with van der Waals surface area (Å²) in [5.74, 6) is -1.06. The van der Waals surface area contributed by atoms with Crippen LogP contribution in [0.4, 0.5) is 5.69 Å². The van der Waals surface area contributed by atoms with Crippen LogP contribution in [0.15, 0.2) is 12.1 Å². The summed E-state index contributed by atoms with van der Waals surface area (Å²) in [5.41, 5.74) is 4.68. The number of carboxylic acids is 1. The SMILES string of the molecule is CCC(CNc1cc(C)c(C)cc1C)C(=O)O. The number of carbonyl (C=O) groups is 1. The number of rotatable bonds is 5. The standard InChI is InChI=1S/C14H21NO2/c1-5-12(14(16)17)8-15-13-7-10(3)9(2)6-11(13)4/h6-7,12,15H,5,8H2,1-4H3,(H,16,17). The van der Waals surface area contributed by atoms with E-state index in [4.69, 9.17) is 5.11 Å². The summed E-state index contributed by atoms with van der Waals surface area (Å²) < 4.78 is 0. The summed E-state index contributed by atoms with van der Waals surface area (Å²) in [6.45, 7) is 8.56. The first kappa shape index (κ1) is 13.6. The molecular weight excluding hydrogens is 214 g/mol. The van der Waals surface area contributed by atoms with E-state index >= 15 is 0 Å². The molecule has 0 aliphatic rings. The van der Waals surface area contributed by atoms with E-state index in [1.165, 1.54) is 11.1 Å². The highest BCUT2D eigenvalue weighted by Gasteiger charge is 2.14. The molecule has 0 heterocycles. The van der Waals surface area contributed by atoms with Crippen molar-refractivity contribution in [3.05, 3.63) is 28.8 Å². The second kappa shape index (κ2) is 5.71. The van der Waals surface area contributed by atoms with Crippen molar-refractivity contribution in [3.63, 3.8) is 0 Å². The van der Waals surface area contributed by atoms with Crippen LogP contribution >= 0.6 is 0 Å². The molecule has 1 atom stereocenters. The molecule has 3 nitrogen and oxygen atoms in total. The molecule has 94 valence electrons. The molecular formula is C14H21NO2. The number of benzene rings is 1. The second-order valence-corrected chi connectivity index (χ2v) is 4.58. The maximum atomic E-state index is 10.9. The Bertz CT molecular complexity index is 413. The summed E-state index contributed by atoms with van der Waals surface area (Å²) in [5, 5.41) is 12.2. The Balaban J connectivity index is 2.75.